The Bertz CT molecular complexity index is 1190. The molecule has 6 nitrogen and oxygen atoms in total. The lowest BCUT2D eigenvalue weighted by Crippen LogP contribution is -1.99. The summed E-state index contributed by atoms with van der Waals surface area (Å²) in [6, 6.07) is 15.4. The summed E-state index contributed by atoms with van der Waals surface area (Å²) in [7, 11) is 3.11. The molecule has 0 aliphatic rings. The molecule has 1 heterocycles. The number of hydrogen-bond acceptors (Lipinski definition) is 6. The van der Waals surface area contributed by atoms with E-state index in [4.69, 9.17) is 18.7 Å². The van der Waals surface area contributed by atoms with Crippen molar-refractivity contribution in [3.63, 3.8) is 0 Å². The van der Waals surface area contributed by atoms with Gasteiger partial charge in [-0.05, 0) is 60.7 Å². The molecule has 0 N–H and O–H groups in total. The summed E-state index contributed by atoms with van der Waals surface area (Å²) in [5.41, 5.74) is 1.54. The lowest BCUT2D eigenvalue weighted by Gasteiger charge is -2.07. The third kappa shape index (κ3) is 4.48. The van der Waals surface area contributed by atoms with Crippen LogP contribution in [-0.4, -0.2) is 24.4 Å². The predicted octanol–water partition coefficient (Wildman–Crippen LogP) is 5.28. The Morgan fingerprint density at radius 3 is 2.32 bits per heavy atom. The summed E-state index contributed by atoms with van der Waals surface area (Å²) >= 11 is 0. The zero-order chi connectivity index (χ0) is 21.8. The van der Waals surface area contributed by atoms with Gasteiger partial charge in [-0.1, -0.05) is 5.16 Å². The van der Waals surface area contributed by atoms with E-state index in [1.54, 1.807) is 56.7 Å². The standard InChI is InChI=1S/C23H18F2N2O4/c1-28-20-10-5-15(12-21(20)29-2)23-26-22(27-31-23)14-3-7-18(8-4-14)30-13-16-11-17(24)6-9-19(16)25/h3-12H,13H2,1-2H3. The number of ether oxygens (including phenoxy) is 3. The van der Waals surface area contributed by atoms with E-state index in [1.807, 2.05) is 0 Å². The zero-order valence-electron chi connectivity index (χ0n) is 16.8. The minimum Gasteiger partial charge on any atom is -0.493 e. The smallest absolute Gasteiger partial charge is 0.258 e. The van der Waals surface area contributed by atoms with E-state index < -0.39 is 11.6 Å². The van der Waals surface area contributed by atoms with Crippen LogP contribution < -0.4 is 14.2 Å². The Hall–Kier alpha value is -3.94. The molecular formula is C23H18F2N2O4. The number of rotatable bonds is 7. The second kappa shape index (κ2) is 8.83. The first-order valence-corrected chi connectivity index (χ1v) is 9.30. The van der Waals surface area contributed by atoms with Gasteiger partial charge in [0.25, 0.3) is 5.89 Å². The zero-order valence-corrected chi connectivity index (χ0v) is 16.8. The van der Waals surface area contributed by atoms with Crippen molar-refractivity contribution in [3.05, 3.63) is 77.9 Å². The van der Waals surface area contributed by atoms with Gasteiger partial charge in [0.15, 0.2) is 11.5 Å². The highest BCUT2D eigenvalue weighted by Crippen LogP contribution is 2.32. The van der Waals surface area contributed by atoms with E-state index in [0.29, 0.717) is 40.1 Å². The Balaban J connectivity index is 1.47. The van der Waals surface area contributed by atoms with Crippen LogP contribution in [-0.2, 0) is 6.61 Å². The van der Waals surface area contributed by atoms with Gasteiger partial charge in [0.2, 0.25) is 5.82 Å². The van der Waals surface area contributed by atoms with Crippen molar-refractivity contribution >= 4 is 0 Å². The van der Waals surface area contributed by atoms with Crippen molar-refractivity contribution in [1.29, 1.82) is 0 Å². The lowest BCUT2D eigenvalue weighted by atomic mass is 10.2. The van der Waals surface area contributed by atoms with Gasteiger partial charge in [0.05, 0.1) is 14.2 Å². The average molecular weight is 424 g/mol. The molecule has 3 aromatic carbocycles. The maximum absolute atomic E-state index is 13.7. The molecule has 4 rings (SSSR count). The number of nitrogens with zero attached hydrogens (tertiary/aromatic N) is 2. The fourth-order valence-electron chi connectivity index (χ4n) is 2.94. The Kier molecular flexibility index (Phi) is 5.79. The Morgan fingerprint density at radius 2 is 1.58 bits per heavy atom. The molecule has 4 aromatic rings. The highest BCUT2D eigenvalue weighted by molar-refractivity contribution is 5.63. The molecule has 8 heteroatoms. The average Bonchev–Trinajstić information content (AvgIpc) is 3.30. The van der Waals surface area contributed by atoms with Gasteiger partial charge in [-0.3, -0.25) is 0 Å². The molecular weight excluding hydrogens is 406 g/mol. The minimum absolute atomic E-state index is 0.0887. The van der Waals surface area contributed by atoms with Crippen LogP contribution in [0.3, 0.4) is 0 Å². The molecule has 0 aliphatic carbocycles. The summed E-state index contributed by atoms with van der Waals surface area (Å²) in [5, 5.41) is 4.02. The Labute approximate surface area is 177 Å². The van der Waals surface area contributed by atoms with E-state index in [2.05, 4.69) is 10.1 Å². The van der Waals surface area contributed by atoms with Crippen molar-refractivity contribution in [2.45, 2.75) is 6.61 Å². The number of hydrogen-bond donors (Lipinski definition) is 0. The van der Waals surface area contributed by atoms with E-state index in [0.717, 1.165) is 18.2 Å². The minimum atomic E-state index is -0.521. The SMILES string of the molecule is COc1ccc(-c2nc(-c3ccc(OCc4cc(F)ccc4F)cc3)no2)cc1OC. The van der Waals surface area contributed by atoms with E-state index >= 15 is 0 Å². The molecule has 158 valence electrons. The molecule has 0 fully saturated rings. The normalized spacial score (nSPS) is 10.7. The summed E-state index contributed by atoms with van der Waals surface area (Å²) < 4.78 is 48.4. The van der Waals surface area contributed by atoms with Crippen LogP contribution >= 0.6 is 0 Å². The van der Waals surface area contributed by atoms with Gasteiger partial charge < -0.3 is 18.7 Å². The molecule has 0 amide bonds. The summed E-state index contributed by atoms with van der Waals surface area (Å²) in [6.07, 6.45) is 0. The highest BCUT2D eigenvalue weighted by Gasteiger charge is 2.14. The van der Waals surface area contributed by atoms with E-state index in [9.17, 15) is 8.78 Å². The maximum atomic E-state index is 13.7. The van der Waals surface area contributed by atoms with Gasteiger partial charge in [-0.2, -0.15) is 4.98 Å². The van der Waals surface area contributed by atoms with Crippen molar-refractivity contribution in [2.75, 3.05) is 14.2 Å². The van der Waals surface area contributed by atoms with Gasteiger partial charge in [-0.15, -0.1) is 0 Å². The first kappa shape index (κ1) is 20.3. The molecule has 0 unspecified atom stereocenters. The summed E-state index contributed by atoms with van der Waals surface area (Å²) in [5.74, 6) is 1.34. The van der Waals surface area contributed by atoms with Gasteiger partial charge in [-0.25, -0.2) is 8.78 Å². The molecule has 0 radical (unpaired) electrons. The van der Waals surface area contributed by atoms with Crippen LogP contribution in [0.5, 0.6) is 17.2 Å². The molecule has 1 aromatic heterocycles. The van der Waals surface area contributed by atoms with E-state index in [-0.39, 0.29) is 12.2 Å². The van der Waals surface area contributed by atoms with Crippen LogP contribution in [0.2, 0.25) is 0 Å². The second-order valence-corrected chi connectivity index (χ2v) is 6.54. The fraction of sp³-hybridized carbons (Fsp3) is 0.130. The molecule has 0 atom stereocenters. The first-order chi connectivity index (χ1) is 15.1. The van der Waals surface area contributed by atoms with Crippen molar-refractivity contribution in [2.24, 2.45) is 0 Å². The quantitative estimate of drug-likeness (QED) is 0.402. The molecule has 31 heavy (non-hydrogen) atoms. The first-order valence-electron chi connectivity index (χ1n) is 9.30. The molecule has 0 spiro atoms. The largest absolute Gasteiger partial charge is 0.493 e. The molecule has 0 saturated heterocycles. The van der Waals surface area contributed by atoms with Crippen LogP contribution in [0.15, 0.2) is 65.2 Å². The van der Waals surface area contributed by atoms with Crippen LogP contribution in [0.4, 0.5) is 8.78 Å². The summed E-state index contributed by atoms with van der Waals surface area (Å²) in [6.45, 7) is -0.0887. The third-order valence-electron chi connectivity index (χ3n) is 4.57. The van der Waals surface area contributed by atoms with Crippen molar-refractivity contribution < 1.29 is 27.5 Å². The number of halogens is 2. The highest BCUT2D eigenvalue weighted by atomic mass is 19.1. The van der Waals surface area contributed by atoms with E-state index in [1.165, 1.54) is 0 Å². The van der Waals surface area contributed by atoms with Crippen molar-refractivity contribution in [1.82, 2.24) is 10.1 Å². The van der Waals surface area contributed by atoms with Crippen LogP contribution in [0, 0.1) is 11.6 Å². The van der Waals surface area contributed by atoms with Crippen LogP contribution in [0.1, 0.15) is 5.56 Å². The van der Waals surface area contributed by atoms with Crippen molar-refractivity contribution in [3.8, 4) is 40.1 Å². The second-order valence-electron chi connectivity index (χ2n) is 6.54. The Morgan fingerprint density at radius 1 is 0.839 bits per heavy atom. The number of aromatic nitrogens is 2. The van der Waals surface area contributed by atoms with Gasteiger partial charge in [0, 0.05) is 16.7 Å². The predicted molar refractivity (Wildman–Crippen MR) is 109 cm³/mol. The fourth-order valence-corrected chi connectivity index (χ4v) is 2.94. The molecule has 0 aliphatic heterocycles. The van der Waals surface area contributed by atoms with Gasteiger partial charge >= 0.3 is 0 Å². The third-order valence-corrected chi connectivity index (χ3v) is 4.57. The number of methoxy groups -OCH3 is 2. The monoisotopic (exact) mass is 424 g/mol. The molecule has 0 saturated carbocycles. The summed E-state index contributed by atoms with van der Waals surface area (Å²) in [4.78, 5) is 4.42. The lowest BCUT2D eigenvalue weighted by molar-refractivity contribution is 0.299. The van der Waals surface area contributed by atoms with Gasteiger partial charge in [0.1, 0.15) is 24.0 Å². The van der Waals surface area contributed by atoms with Crippen LogP contribution in [0.25, 0.3) is 22.8 Å². The number of benzene rings is 3. The topological polar surface area (TPSA) is 66.6 Å². The maximum Gasteiger partial charge on any atom is 0.258 e. The molecule has 0 bridgehead atoms.